The number of fused-ring (bicyclic) bond motifs is 11. The number of benzene rings is 2. The van der Waals surface area contributed by atoms with Gasteiger partial charge in [0.05, 0.1) is 30.2 Å². The third kappa shape index (κ3) is 18.8. The number of aliphatic hydroxyl groups is 3. The molecule has 0 spiro atoms. The van der Waals surface area contributed by atoms with Crippen molar-refractivity contribution in [2.24, 2.45) is 17.8 Å². The molecule has 0 aromatic heterocycles. The van der Waals surface area contributed by atoms with Crippen molar-refractivity contribution in [1.29, 1.82) is 0 Å². The summed E-state index contributed by atoms with van der Waals surface area (Å²) in [7, 11) is 1.64. The van der Waals surface area contributed by atoms with E-state index in [-0.39, 0.29) is 24.6 Å². The van der Waals surface area contributed by atoms with Crippen LogP contribution >= 0.6 is 11.8 Å². The molecule has 4 bridgehead atoms. The van der Waals surface area contributed by atoms with Gasteiger partial charge in [0.25, 0.3) is 0 Å². The summed E-state index contributed by atoms with van der Waals surface area (Å²) in [5.74, 6) is -8.28. The minimum absolute atomic E-state index is 0.0663. The second kappa shape index (κ2) is 30.2. The minimum Gasteiger partial charge on any atom is -0.487 e. The van der Waals surface area contributed by atoms with Gasteiger partial charge in [-0.3, -0.25) is 38.5 Å². The average molecular weight is 1100 g/mol. The van der Waals surface area contributed by atoms with Crippen molar-refractivity contribution in [3.05, 3.63) is 77.9 Å². The van der Waals surface area contributed by atoms with E-state index in [0.717, 1.165) is 30.2 Å². The molecule has 0 saturated carbocycles. The maximum Gasteiger partial charge on any atom is 0.332 e. The number of carbonyl (C=O) groups is 8. The van der Waals surface area contributed by atoms with Crippen LogP contribution in [0.15, 0.2) is 66.7 Å². The van der Waals surface area contributed by atoms with Gasteiger partial charge in [-0.15, -0.1) is 0 Å². The molecule has 6 amide bonds. The SMILES string of the molecule is CCCCSC[C@@]1(O)/C=C/C(=O)NCC(=O)OC[C@@H]2NC(=O)[C@@H]([C@@H](C)O)NC(=O)[C@H](Cc3ccccc3)N(C)C[C@@H](NC(=O)[C@@H](C(C)CC)NC(=O)[C@@H](NC(=O)[C@H](C)[C@H](O)C(C)C)[C@@H](C)OC2=O)c2ccc(cc2)O[C@@H]1C. The number of ether oxygens (including phenoxy) is 3. The lowest BCUT2D eigenvalue weighted by atomic mass is 9.93. The second-order valence-corrected chi connectivity index (χ2v) is 21.6. The van der Waals surface area contributed by atoms with Crippen molar-refractivity contribution >= 4 is 59.1 Å². The Labute approximate surface area is 456 Å². The number of hydrogen-bond donors (Lipinski definition) is 9. The van der Waals surface area contributed by atoms with Gasteiger partial charge in [-0.05, 0) is 87.6 Å². The molecule has 9 N–H and O–H groups in total. The maximum atomic E-state index is 14.9. The topological polar surface area (TPSA) is 300 Å². The first kappa shape index (κ1) is 63.5. The van der Waals surface area contributed by atoms with E-state index in [4.69, 9.17) is 14.2 Å². The van der Waals surface area contributed by atoms with E-state index in [1.807, 2.05) is 13.8 Å². The minimum atomic E-state index is -1.91. The van der Waals surface area contributed by atoms with Crippen molar-refractivity contribution in [3.8, 4) is 5.75 Å². The Morgan fingerprint density at radius 3 is 2.09 bits per heavy atom. The number of thioether (sulfide) groups is 1. The molecule has 2 aromatic rings. The summed E-state index contributed by atoms with van der Waals surface area (Å²) in [6.45, 7) is 12.8. The maximum absolute atomic E-state index is 14.9. The lowest BCUT2D eigenvalue weighted by Crippen LogP contribution is -2.61. The average Bonchev–Trinajstić information content (AvgIpc) is 3.39. The summed E-state index contributed by atoms with van der Waals surface area (Å²) >= 11 is 1.46. The molecule has 0 radical (unpaired) electrons. The number of amides is 6. The fourth-order valence-corrected chi connectivity index (χ4v) is 9.80. The Morgan fingerprint density at radius 1 is 0.831 bits per heavy atom. The van der Waals surface area contributed by atoms with Gasteiger partial charge in [-0.25, -0.2) is 4.79 Å². The molecule has 21 nitrogen and oxygen atoms in total. The van der Waals surface area contributed by atoms with Crippen molar-refractivity contribution in [2.75, 3.05) is 38.2 Å². The van der Waals surface area contributed by atoms with E-state index in [0.29, 0.717) is 17.7 Å². The zero-order valence-corrected chi connectivity index (χ0v) is 46.7. The van der Waals surface area contributed by atoms with Crippen molar-refractivity contribution in [1.82, 2.24) is 36.8 Å². The Bertz CT molecular complexity index is 2340. The van der Waals surface area contributed by atoms with Crippen LogP contribution in [0.2, 0.25) is 0 Å². The van der Waals surface area contributed by atoms with Gasteiger partial charge < -0.3 is 61.4 Å². The fraction of sp³-hybridized carbons (Fsp3) is 0.600. The van der Waals surface area contributed by atoms with Crippen molar-refractivity contribution in [3.63, 3.8) is 0 Å². The normalized spacial score (nSPS) is 28.1. The van der Waals surface area contributed by atoms with Gasteiger partial charge in [-0.2, -0.15) is 11.8 Å². The number of unbranched alkanes of at least 4 members (excludes halogenated alkanes) is 1. The highest BCUT2D eigenvalue weighted by Gasteiger charge is 2.41. The van der Waals surface area contributed by atoms with E-state index in [2.05, 4.69) is 31.9 Å². The molecule has 1 saturated heterocycles. The van der Waals surface area contributed by atoms with Crippen LogP contribution in [-0.2, 0) is 54.3 Å². The monoisotopic (exact) mass is 1100 g/mol. The van der Waals surface area contributed by atoms with Crippen LogP contribution in [-0.4, -0.2) is 166 Å². The first-order chi connectivity index (χ1) is 36.4. The molecule has 22 heteroatoms. The third-order valence-corrected chi connectivity index (χ3v) is 15.2. The van der Waals surface area contributed by atoms with Gasteiger partial charge in [-0.1, -0.05) is 96.8 Å². The summed E-state index contributed by atoms with van der Waals surface area (Å²) < 4.78 is 17.5. The van der Waals surface area contributed by atoms with Crippen molar-refractivity contribution in [2.45, 2.75) is 154 Å². The summed E-state index contributed by atoms with van der Waals surface area (Å²) in [6, 6.07) is 6.96. The first-order valence-corrected chi connectivity index (χ1v) is 27.6. The lowest BCUT2D eigenvalue weighted by Gasteiger charge is -2.34. The lowest BCUT2D eigenvalue weighted by molar-refractivity contribution is -0.160. The number of esters is 2. The smallest absolute Gasteiger partial charge is 0.332 e. The highest BCUT2D eigenvalue weighted by molar-refractivity contribution is 7.99. The molecule has 2 aromatic carbocycles. The molecule has 13 atom stereocenters. The first-order valence-electron chi connectivity index (χ1n) is 26.4. The number of aliphatic hydroxyl groups excluding tert-OH is 2. The van der Waals surface area contributed by atoms with Crippen molar-refractivity contribution < 1.29 is 67.9 Å². The molecule has 5 rings (SSSR count). The predicted molar refractivity (Wildman–Crippen MR) is 289 cm³/mol. The molecule has 77 heavy (non-hydrogen) atoms. The fourth-order valence-electron chi connectivity index (χ4n) is 8.51. The molecule has 0 aliphatic carbocycles. The number of rotatable bonds is 14. The molecule has 3 aliphatic heterocycles. The van der Waals surface area contributed by atoms with Gasteiger partial charge in [0, 0.05) is 18.4 Å². The van der Waals surface area contributed by atoms with Crippen LogP contribution in [0, 0.1) is 17.8 Å². The third-order valence-electron chi connectivity index (χ3n) is 13.9. The quantitative estimate of drug-likeness (QED) is 0.0959. The largest absolute Gasteiger partial charge is 0.487 e. The van der Waals surface area contributed by atoms with Crippen LogP contribution in [0.3, 0.4) is 0 Å². The van der Waals surface area contributed by atoms with E-state index in [1.54, 1.807) is 94.2 Å². The Kier molecular flexibility index (Phi) is 24.9. The molecular weight excluding hydrogens is 1010 g/mol. The van der Waals surface area contributed by atoms with Gasteiger partial charge in [0.1, 0.15) is 54.8 Å². The Morgan fingerprint density at radius 2 is 1.47 bits per heavy atom. The zero-order valence-electron chi connectivity index (χ0n) is 45.9. The van der Waals surface area contributed by atoms with E-state index in [1.165, 1.54) is 38.6 Å². The van der Waals surface area contributed by atoms with Crippen LogP contribution in [0.25, 0.3) is 0 Å². The number of hydrogen-bond acceptors (Lipinski definition) is 16. The molecule has 426 valence electrons. The number of likely N-dealkylation sites (N-methyl/N-ethyl adjacent to an activating group) is 1. The number of carbonyl (C=O) groups excluding carboxylic acids is 8. The molecular formula is C55H81N7O14S. The van der Waals surface area contributed by atoms with Crippen LogP contribution in [0.5, 0.6) is 5.75 Å². The second-order valence-electron chi connectivity index (χ2n) is 20.5. The standard InChI is InChI=1S/C55H81N7O14S/c1-11-13-25-77-30-55(73)24-23-43(64)56-27-44(65)74-29-41-54(72)75-35(8)47(61-49(67)33(6)48(66)31(3)4)53(71)59-45(32(5)12-2)51(69)57-40(38-19-21-39(22-20-38)76-36(55)9)28-62(10)42(26-37-17-15-14-16-18-37)50(68)60-46(34(7)63)52(70)58-41/h14-24,31-36,40-42,45-48,63,66,73H,11-13,25-30H2,1-10H3,(H,56,64)(H,57,69)(H,58,70)(H,59,71)(H,60,68)(H,61,67)/b24-23+/t32?,33-,34-,35-,36-,40-,41+,42+,45-,46-,47+,48-,55+/m1/s1. The highest BCUT2D eigenvalue weighted by atomic mass is 32.2. The molecule has 3 heterocycles. The molecule has 3 aliphatic rings. The summed E-state index contributed by atoms with van der Waals surface area (Å²) in [4.78, 5) is 115. The predicted octanol–water partition coefficient (Wildman–Crippen LogP) is 1.61. The van der Waals surface area contributed by atoms with E-state index < -0.39 is 139 Å². The zero-order chi connectivity index (χ0) is 57.1. The number of nitrogens with zero attached hydrogens (tertiary/aromatic N) is 1. The van der Waals surface area contributed by atoms with Gasteiger partial charge in [0.15, 0.2) is 6.04 Å². The summed E-state index contributed by atoms with van der Waals surface area (Å²) in [6.07, 6.45) is -0.689. The Hall–Kier alpha value is -6.07. The highest BCUT2D eigenvalue weighted by Crippen LogP contribution is 2.28. The van der Waals surface area contributed by atoms with Crippen LogP contribution < -0.4 is 36.6 Å². The van der Waals surface area contributed by atoms with Gasteiger partial charge >= 0.3 is 11.9 Å². The molecule has 1 fully saturated rings. The molecule has 1 unspecified atom stereocenters. The summed E-state index contributed by atoms with van der Waals surface area (Å²) in [5.41, 5.74) is -0.472. The van der Waals surface area contributed by atoms with Gasteiger partial charge in [0.2, 0.25) is 35.4 Å². The Balaban J connectivity index is 1.99. The van der Waals surface area contributed by atoms with E-state index >= 15 is 0 Å². The van der Waals surface area contributed by atoms with Crippen LogP contribution in [0.4, 0.5) is 0 Å². The number of cyclic esters (lactones) is 1. The van der Waals surface area contributed by atoms with E-state index in [9.17, 15) is 53.7 Å². The number of nitrogens with one attached hydrogen (secondary N) is 6. The summed E-state index contributed by atoms with van der Waals surface area (Å²) in [5, 5.41) is 49.9. The van der Waals surface area contributed by atoms with Crippen LogP contribution in [0.1, 0.15) is 98.7 Å².